The van der Waals surface area contributed by atoms with Gasteiger partial charge in [0.1, 0.15) is 18.3 Å². The summed E-state index contributed by atoms with van der Waals surface area (Å²) in [5.74, 6) is -2.39. The van der Waals surface area contributed by atoms with Gasteiger partial charge in [0.25, 0.3) is 0 Å². The molecule has 12 heteroatoms. The monoisotopic (exact) mass is 453 g/mol. The predicted octanol–water partition coefficient (Wildman–Crippen LogP) is -2.98. The highest BCUT2D eigenvalue weighted by molar-refractivity contribution is 5.78. The molecule has 178 valence electrons. The number of hydrogen-bond acceptors (Lipinski definition) is 11. The van der Waals surface area contributed by atoms with Crippen molar-refractivity contribution in [2.45, 2.75) is 80.5 Å². The Morgan fingerprint density at radius 3 is 2.59 bits per heavy atom. The lowest BCUT2D eigenvalue weighted by Gasteiger charge is -2.58. The molecule has 3 aliphatic rings. The van der Waals surface area contributed by atoms with Gasteiger partial charge in [-0.05, 0) is 39.6 Å². The molecule has 3 fully saturated rings. The Labute approximate surface area is 185 Å². The Kier molecular flexibility index (Phi) is 6.75. The molecule has 10 atom stereocenters. The van der Waals surface area contributed by atoms with Gasteiger partial charge in [0, 0.05) is 6.20 Å². The van der Waals surface area contributed by atoms with Crippen molar-refractivity contribution in [2.75, 3.05) is 14.1 Å². The topological polar surface area (TPSA) is 167 Å². The number of aliphatic hydroxyl groups excluding tert-OH is 2. The van der Waals surface area contributed by atoms with Crippen molar-refractivity contribution in [3.8, 4) is 0 Å². The van der Waals surface area contributed by atoms with Crippen LogP contribution in [0.3, 0.4) is 0 Å². The average Bonchev–Trinajstić information content (AvgIpc) is 2.75. The van der Waals surface area contributed by atoms with Crippen LogP contribution in [0.5, 0.6) is 0 Å². The fraction of sp³-hybridized carbons (Fsp3) is 0.750. The summed E-state index contributed by atoms with van der Waals surface area (Å²) in [4.78, 5) is 12.7. The Bertz CT molecular complexity index is 804. The minimum absolute atomic E-state index is 0.0202. The fourth-order valence-electron chi connectivity index (χ4n) is 4.85. The first-order valence-corrected chi connectivity index (χ1v) is 10.8. The van der Waals surface area contributed by atoms with Crippen molar-refractivity contribution in [3.63, 3.8) is 0 Å². The third-order valence-electron chi connectivity index (χ3n) is 6.46. The van der Waals surface area contributed by atoms with E-state index in [2.05, 4.69) is 26.1 Å². The number of amides is 1. The van der Waals surface area contributed by atoms with E-state index in [-0.39, 0.29) is 24.9 Å². The molecule has 32 heavy (non-hydrogen) atoms. The molecule has 6 N–H and O–H groups in total. The maximum Gasteiger partial charge on any atom is 0.239 e. The standard InChI is InChI=1S/C20H31N5O7/c1-9-7-11(24-12(26)8-10-5-4-6-23-25-10)20(29)19(30-9)31-18-16(28)13(21-2)15(27)14(22-3)17(18)32-20/h4-6,9,11,13-19,21-22,27-29H,7-8H2,1-3H3,(H,24,26)/t9-,11-,13-,14+,15+,16-,17?,18?,19?,20+/m1/s1. The molecule has 2 saturated heterocycles. The zero-order valence-electron chi connectivity index (χ0n) is 18.2. The Hall–Kier alpha value is -1.77. The fourth-order valence-corrected chi connectivity index (χ4v) is 4.85. The second-order valence-electron chi connectivity index (χ2n) is 8.57. The second-order valence-corrected chi connectivity index (χ2v) is 8.57. The number of likely N-dealkylation sites (N-methyl/N-ethyl adjacent to an activating group) is 2. The summed E-state index contributed by atoms with van der Waals surface area (Å²) in [5, 5.41) is 49.4. The summed E-state index contributed by atoms with van der Waals surface area (Å²) < 4.78 is 17.9. The molecule has 0 aromatic carbocycles. The van der Waals surface area contributed by atoms with Gasteiger partial charge >= 0.3 is 0 Å². The lowest BCUT2D eigenvalue weighted by atomic mass is 9.79. The molecular formula is C20H31N5O7. The van der Waals surface area contributed by atoms with Crippen LogP contribution in [0.15, 0.2) is 18.3 Å². The van der Waals surface area contributed by atoms with Crippen LogP contribution in [0.25, 0.3) is 0 Å². The van der Waals surface area contributed by atoms with E-state index in [1.54, 1.807) is 33.2 Å². The van der Waals surface area contributed by atoms with Gasteiger partial charge in [-0.25, -0.2) is 0 Å². The molecule has 1 aromatic rings. The lowest BCUT2D eigenvalue weighted by molar-refractivity contribution is -0.449. The second kappa shape index (κ2) is 9.23. The molecule has 2 aliphatic heterocycles. The van der Waals surface area contributed by atoms with E-state index in [9.17, 15) is 20.1 Å². The van der Waals surface area contributed by atoms with Crippen molar-refractivity contribution in [3.05, 3.63) is 24.0 Å². The number of nitrogens with one attached hydrogen (secondary N) is 3. The van der Waals surface area contributed by atoms with Crippen LogP contribution < -0.4 is 16.0 Å². The van der Waals surface area contributed by atoms with E-state index >= 15 is 0 Å². The first kappa shape index (κ1) is 23.4. The minimum Gasteiger partial charge on any atom is -0.390 e. The van der Waals surface area contributed by atoms with Crippen LogP contribution in [0.2, 0.25) is 0 Å². The summed E-state index contributed by atoms with van der Waals surface area (Å²) in [5.41, 5.74) is 0.487. The van der Waals surface area contributed by atoms with Crippen LogP contribution in [0.1, 0.15) is 19.0 Å². The van der Waals surface area contributed by atoms with Crippen molar-refractivity contribution in [2.24, 2.45) is 0 Å². The van der Waals surface area contributed by atoms with Crippen LogP contribution in [0, 0.1) is 0 Å². The van der Waals surface area contributed by atoms with E-state index in [1.165, 1.54) is 6.20 Å². The quantitative estimate of drug-likeness (QED) is 0.269. The minimum atomic E-state index is -2.02. The number of fused-ring (bicyclic) bond motifs is 2. The maximum atomic E-state index is 12.7. The number of aliphatic hydroxyl groups is 3. The van der Waals surface area contributed by atoms with Gasteiger partial charge in [-0.1, -0.05) is 0 Å². The molecule has 0 spiro atoms. The van der Waals surface area contributed by atoms with Crippen molar-refractivity contribution in [1.82, 2.24) is 26.1 Å². The maximum absolute atomic E-state index is 12.7. The summed E-state index contributed by atoms with van der Waals surface area (Å²) in [6.45, 7) is 1.80. The first-order chi connectivity index (χ1) is 15.3. The van der Waals surface area contributed by atoms with Gasteiger partial charge in [-0.3, -0.25) is 4.79 Å². The molecular weight excluding hydrogens is 422 g/mol. The van der Waals surface area contributed by atoms with E-state index in [0.717, 1.165) is 0 Å². The molecule has 3 unspecified atom stereocenters. The first-order valence-electron chi connectivity index (χ1n) is 10.8. The molecule has 1 saturated carbocycles. The van der Waals surface area contributed by atoms with Gasteiger partial charge in [0.05, 0.1) is 42.4 Å². The van der Waals surface area contributed by atoms with Crippen molar-refractivity contribution in [1.29, 1.82) is 0 Å². The number of aromatic nitrogens is 2. The highest BCUT2D eigenvalue weighted by Gasteiger charge is 2.63. The van der Waals surface area contributed by atoms with E-state index in [0.29, 0.717) is 5.69 Å². The SMILES string of the molecule is CN[C@@H]1[C@H](O)[C@H](NC)C2O[C@]3(O)C(OC2[C@@H]1O)O[C@H](C)C[C@H]3NC(=O)Cc1cccnn1. The Morgan fingerprint density at radius 2 is 1.94 bits per heavy atom. The predicted molar refractivity (Wildman–Crippen MR) is 109 cm³/mol. The van der Waals surface area contributed by atoms with E-state index < -0.39 is 54.6 Å². The molecule has 12 nitrogen and oxygen atoms in total. The van der Waals surface area contributed by atoms with Crippen LogP contribution in [-0.4, -0.2) is 106 Å². The summed E-state index contributed by atoms with van der Waals surface area (Å²) >= 11 is 0. The van der Waals surface area contributed by atoms with Gasteiger partial charge in [0.15, 0.2) is 0 Å². The average molecular weight is 453 g/mol. The molecule has 3 heterocycles. The zero-order chi connectivity index (χ0) is 23.0. The molecule has 0 radical (unpaired) electrons. The normalized spacial score (nSPS) is 43.8. The largest absolute Gasteiger partial charge is 0.390 e. The van der Waals surface area contributed by atoms with Gasteiger partial charge < -0.3 is 45.5 Å². The van der Waals surface area contributed by atoms with Gasteiger partial charge in [-0.2, -0.15) is 10.2 Å². The third kappa shape index (κ3) is 4.13. The molecule has 1 amide bonds. The third-order valence-corrected chi connectivity index (χ3v) is 6.46. The van der Waals surface area contributed by atoms with Crippen LogP contribution in [-0.2, 0) is 25.4 Å². The summed E-state index contributed by atoms with van der Waals surface area (Å²) in [7, 11) is 3.28. The van der Waals surface area contributed by atoms with Crippen molar-refractivity contribution < 1.29 is 34.3 Å². The summed E-state index contributed by atoms with van der Waals surface area (Å²) in [6, 6.07) is 1.19. The zero-order valence-corrected chi connectivity index (χ0v) is 18.2. The number of carbonyl (C=O) groups is 1. The number of hydrogen-bond donors (Lipinski definition) is 6. The van der Waals surface area contributed by atoms with Gasteiger partial charge in [0.2, 0.25) is 18.0 Å². The molecule has 1 aromatic heterocycles. The Morgan fingerprint density at radius 1 is 1.19 bits per heavy atom. The number of carbonyl (C=O) groups excluding carboxylic acids is 1. The van der Waals surface area contributed by atoms with Crippen LogP contribution in [0.4, 0.5) is 0 Å². The number of rotatable bonds is 5. The number of ether oxygens (including phenoxy) is 3. The summed E-state index contributed by atoms with van der Waals surface area (Å²) in [6.07, 6.45) is -3.72. The number of nitrogens with zero attached hydrogens (tertiary/aromatic N) is 2. The van der Waals surface area contributed by atoms with Crippen LogP contribution >= 0.6 is 0 Å². The van der Waals surface area contributed by atoms with E-state index in [1.807, 2.05) is 0 Å². The highest BCUT2D eigenvalue weighted by Crippen LogP contribution is 2.41. The molecule has 1 aliphatic carbocycles. The van der Waals surface area contributed by atoms with E-state index in [4.69, 9.17) is 14.2 Å². The highest BCUT2D eigenvalue weighted by atomic mass is 16.8. The van der Waals surface area contributed by atoms with Crippen molar-refractivity contribution >= 4 is 5.91 Å². The smallest absolute Gasteiger partial charge is 0.239 e. The lowest BCUT2D eigenvalue weighted by Crippen LogP contribution is -2.79. The molecule has 0 bridgehead atoms. The molecule has 4 rings (SSSR count). The Balaban J connectivity index is 1.56. The van der Waals surface area contributed by atoms with Gasteiger partial charge in [-0.15, -0.1) is 0 Å².